The van der Waals surface area contributed by atoms with Crippen LogP contribution in [0, 0.1) is 16.7 Å². The van der Waals surface area contributed by atoms with Crippen molar-refractivity contribution in [1.29, 1.82) is 0 Å². The van der Waals surface area contributed by atoms with Crippen LogP contribution < -0.4 is 0 Å². The van der Waals surface area contributed by atoms with E-state index in [1.54, 1.807) is 6.07 Å². The summed E-state index contributed by atoms with van der Waals surface area (Å²) < 4.78 is 0. The number of phenolic OH excluding ortho intramolecular Hbond substituents is 1. The fourth-order valence-corrected chi connectivity index (χ4v) is 4.71. The predicted molar refractivity (Wildman–Crippen MR) is 71.2 cm³/mol. The highest BCUT2D eigenvalue weighted by Gasteiger charge is 2.69. The maximum atomic E-state index is 11.5. The Balaban J connectivity index is 2.23. The zero-order chi connectivity index (χ0) is 13.2. The average Bonchev–Trinajstić information content (AvgIpc) is 2.78. The predicted octanol–water partition coefficient (Wildman–Crippen LogP) is 3.43. The van der Waals surface area contributed by atoms with Crippen LogP contribution in [-0.2, 0) is 5.60 Å². The number of phenols is 1. The fourth-order valence-electron chi connectivity index (χ4n) is 4.71. The van der Waals surface area contributed by atoms with Crippen molar-refractivity contribution < 1.29 is 10.2 Å². The quantitative estimate of drug-likeness (QED) is 0.797. The maximum absolute atomic E-state index is 11.5. The molecule has 2 aliphatic carbocycles. The summed E-state index contributed by atoms with van der Waals surface area (Å²) in [5.41, 5.74) is -0.507. The highest BCUT2D eigenvalue weighted by atomic mass is 16.3. The van der Waals surface area contributed by atoms with Gasteiger partial charge in [0.2, 0.25) is 0 Å². The van der Waals surface area contributed by atoms with Crippen LogP contribution in [0.1, 0.15) is 45.6 Å². The van der Waals surface area contributed by atoms with Crippen molar-refractivity contribution in [3.05, 3.63) is 29.8 Å². The molecule has 0 amide bonds. The Kier molecular flexibility index (Phi) is 2.20. The number of aliphatic hydroxyl groups is 1. The van der Waals surface area contributed by atoms with Crippen molar-refractivity contribution in [2.24, 2.45) is 16.7 Å². The molecule has 0 spiro atoms. The number of rotatable bonds is 1. The second kappa shape index (κ2) is 3.30. The lowest BCUT2D eigenvalue weighted by Crippen LogP contribution is -2.51. The van der Waals surface area contributed by atoms with Crippen molar-refractivity contribution in [3.63, 3.8) is 0 Å². The minimum Gasteiger partial charge on any atom is -0.508 e. The topological polar surface area (TPSA) is 40.5 Å². The molecule has 2 heteroatoms. The lowest BCUT2D eigenvalue weighted by Gasteiger charge is -2.51. The lowest BCUT2D eigenvalue weighted by molar-refractivity contribution is -0.151. The number of benzene rings is 1. The van der Waals surface area contributed by atoms with Crippen LogP contribution >= 0.6 is 0 Å². The molecular formula is C16H22O2. The summed E-state index contributed by atoms with van der Waals surface area (Å²) in [7, 11) is 0. The Morgan fingerprint density at radius 3 is 2.39 bits per heavy atom. The van der Waals surface area contributed by atoms with Gasteiger partial charge in [-0.15, -0.1) is 0 Å². The molecule has 2 fully saturated rings. The van der Waals surface area contributed by atoms with Gasteiger partial charge in [0.05, 0.1) is 0 Å². The molecule has 98 valence electrons. The smallest absolute Gasteiger partial charge is 0.121 e. The van der Waals surface area contributed by atoms with Crippen LogP contribution in [0.5, 0.6) is 5.75 Å². The monoisotopic (exact) mass is 246 g/mol. The number of fused-ring (bicyclic) bond motifs is 2. The average molecular weight is 246 g/mol. The van der Waals surface area contributed by atoms with Crippen LogP contribution in [0.3, 0.4) is 0 Å². The fraction of sp³-hybridized carbons (Fsp3) is 0.625. The number of hydrogen-bond acceptors (Lipinski definition) is 2. The van der Waals surface area contributed by atoms with Crippen molar-refractivity contribution >= 4 is 0 Å². The van der Waals surface area contributed by atoms with Crippen molar-refractivity contribution in [2.45, 2.75) is 45.6 Å². The summed E-state index contributed by atoms with van der Waals surface area (Å²) in [5, 5.41) is 21.6. The third kappa shape index (κ3) is 1.13. The van der Waals surface area contributed by atoms with Crippen molar-refractivity contribution in [3.8, 4) is 5.75 Å². The van der Waals surface area contributed by atoms with E-state index in [0.29, 0.717) is 11.5 Å². The zero-order valence-electron chi connectivity index (χ0n) is 11.4. The van der Waals surface area contributed by atoms with E-state index in [9.17, 15) is 10.2 Å². The first kappa shape index (κ1) is 12.0. The van der Waals surface area contributed by atoms with E-state index in [-0.39, 0.29) is 16.6 Å². The highest BCUT2D eigenvalue weighted by Crippen LogP contribution is 2.72. The van der Waals surface area contributed by atoms with E-state index in [0.717, 1.165) is 12.8 Å². The summed E-state index contributed by atoms with van der Waals surface area (Å²) >= 11 is 0. The van der Waals surface area contributed by atoms with Gasteiger partial charge in [-0.05, 0) is 31.2 Å². The molecule has 2 N–H and O–H groups in total. The van der Waals surface area contributed by atoms with E-state index in [1.165, 1.54) is 6.42 Å². The normalized spacial score (nSPS) is 41.2. The Labute approximate surface area is 109 Å². The minimum absolute atomic E-state index is 0.111. The lowest BCUT2D eigenvalue weighted by atomic mass is 9.57. The molecule has 3 atom stereocenters. The third-order valence-corrected chi connectivity index (χ3v) is 5.86. The van der Waals surface area contributed by atoms with Crippen molar-refractivity contribution in [2.75, 3.05) is 0 Å². The summed E-state index contributed by atoms with van der Waals surface area (Å²) in [5.74, 6) is 0.772. The van der Waals surface area contributed by atoms with E-state index in [4.69, 9.17) is 0 Å². The second-order valence-corrected chi connectivity index (χ2v) is 6.95. The molecule has 18 heavy (non-hydrogen) atoms. The first-order chi connectivity index (χ1) is 8.33. The standard InChI is InChI=1S/C16H22O2/c1-14(2)11-8-9-15(3,10-11)16(14,18)12-6-4-5-7-13(12)17/h4-7,11,17-18H,8-10H2,1-3H3/t11-,15+,16-/m0/s1. The van der Waals surface area contributed by atoms with Gasteiger partial charge >= 0.3 is 0 Å². The molecule has 2 aliphatic rings. The third-order valence-electron chi connectivity index (χ3n) is 5.86. The summed E-state index contributed by atoms with van der Waals surface area (Å²) in [6.45, 7) is 6.47. The van der Waals surface area contributed by atoms with Crippen LogP contribution in [0.4, 0.5) is 0 Å². The number of hydrogen-bond donors (Lipinski definition) is 2. The van der Waals surface area contributed by atoms with Crippen LogP contribution in [-0.4, -0.2) is 10.2 Å². The molecule has 0 aliphatic heterocycles. The summed E-state index contributed by atoms with van der Waals surface area (Å²) in [4.78, 5) is 0. The van der Waals surface area contributed by atoms with E-state index < -0.39 is 5.60 Å². The molecule has 2 saturated carbocycles. The Bertz CT molecular complexity index is 487. The Morgan fingerprint density at radius 2 is 1.83 bits per heavy atom. The minimum atomic E-state index is -0.922. The highest BCUT2D eigenvalue weighted by molar-refractivity contribution is 5.42. The Hall–Kier alpha value is -1.02. The van der Waals surface area contributed by atoms with Crippen molar-refractivity contribution in [1.82, 2.24) is 0 Å². The van der Waals surface area contributed by atoms with Gasteiger partial charge in [-0.3, -0.25) is 0 Å². The molecule has 0 heterocycles. The molecule has 3 rings (SSSR count). The second-order valence-electron chi connectivity index (χ2n) is 6.95. The van der Waals surface area contributed by atoms with Gasteiger partial charge in [-0.1, -0.05) is 39.0 Å². The number of aromatic hydroxyl groups is 1. The SMILES string of the molecule is CC1(C)[C@H]2CC[C@](C)(C2)[C@]1(O)c1ccccc1O. The molecule has 0 unspecified atom stereocenters. The first-order valence-corrected chi connectivity index (χ1v) is 6.84. The molecule has 0 aromatic heterocycles. The summed E-state index contributed by atoms with van der Waals surface area (Å²) in [6, 6.07) is 7.27. The van der Waals surface area contributed by atoms with Crippen LogP contribution in [0.2, 0.25) is 0 Å². The van der Waals surface area contributed by atoms with E-state index >= 15 is 0 Å². The van der Waals surface area contributed by atoms with Gasteiger partial charge < -0.3 is 10.2 Å². The van der Waals surface area contributed by atoms with Gasteiger partial charge in [-0.2, -0.15) is 0 Å². The molecule has 2 nitrogen and oxygen atoms in total. The van der Waals surface area contributed by atoms with Gasteiger partial charge in [0.1, 0.15) is 11.4 Å². The molecule has 0 saturated heterocycles. The molecule has 0 radical (unpaired) electrons. The molecule has 1 aromatic carbocycles. The van der Waals surface area contributed by atoms with Gasteiger partial charge in [0.15, 0.2) is 0 Å². The molecular weight excluding hydrogens is 224 g/mol. The molecule has 1 aromatic rings. The van der Waals surface area contributed by atoms with Gasteiger partial charge in [0.25, 0.3) is 0 Å². The Morgan fingerprint density at radius 1 is 1.17 bits per heavy atom. The zero-order valence-corrected chi connectivity index (χ0v) is 11.4. The van der Waals surface area contributed by atoms with Gasteiger partial charge in [0, 0.05) is 16.4 Å². The van der Waals surface area contributed by atoms with E-state index in [2.05, 4.69) is 20.8 Å². The van der Waals surface area contributed by atoms with Crippen LogP contribution in [0.25, 0.3) is 0 Å². The van der Waals surface area contributed by atoms with E-state index in [1.807, 2.05) is 18.2 Å². The summed E-state index contributed by atoms with van der Waals surface area (Å²) in [6.07, 6.45) is 3.30. The maximum Gasteiger partial charge on any atom is 0.121 e. The number of para-hydroxylation sites is 1. The molecule has 2 bridgehead atoms. The largest absolute Gasteiger partial charge is 0.508 e. The van der Waals surface area contributed by atoms with Crippen LogP contribution in [0.15, 0.2) is 24.3 Å². The first-order valence-electron chi connectivity index (χ1n) is 6.84. The van der Waals surface area contributed by atoms with Gasteiger partial charge in [-0.25, -0.2) is 0 Å².